The molecule has 1 atom stereocenters. The zero-order valence-electron chi connectivity index (χ0n) is 10.4. The Morgan fingerprint density at radius 3 is 2.75 bits per heavy atom. The number of rotatable bonds is 2. The fourth-order valence-corrected chi connectivity index (χ4v) is 2.69. The van der Waals surface area contributed by atoms with Crippen molar-refractivity contribution in [3.63, 3.8) is 0 Å². The smallest absolute Gasteiger partial charge is 0.267 e. The third-order valence-electron chi connectivity index (χ3n) is 2.65. The molecule has 0 bridgehead atoms. The first-order chi connectivity index (χ1) is 9.47. The Bertz CT molecular complexity index is 729. The molecule has 20 heavy (non-hydrogen) atoms. The lowest BCUT2D eigenvalue weighted by molar-refractivity contribution is 0.590. The molecule has 2 heterocycles. The number of nitriles is 2. The monoisotopic (exact) mass is 290 g/mol. The minimum absolute atomic E-state index is 0.0173. The van der Waals surface area contributed by atoms with Crippen molar-refractivity contribution < 1.29 is 8.42 Å². The van der Waals surface area contributed by atoms with E-state index in [4.69, 9.17) is 10.5 Å². The summed E-state index contributed by atoms with van der Waals surface area (Å²) in [5.74, 6) is -0.973. The van der Waals surface area contributed by atoms with E-state index in [0.29, 0.717) is 5.69 Å². The maximum absolute atomic E-state index is 12.0. The second-order valence-electron chi connectivity index (χ2n) is 4.06. The first-order valence-electron chi connectivity index (χ1n) is 5.59. The standard InChI is InChI=1S/C11H10N6O2S/c1-7(8(4-12)5-13)15-11-16-9-2-3-14-6-10(9)20(18,19)17-11/h2-3,6-8H,1H3,(H2,15,16,17). The second kappa shape index (κ2) is 5.15. The predicted octanol–water partition coefficient (Wildman–Crippen LogP) is 0.193. The summed E-state index contributed by atoms with van der Waals surface area (Å²) in [6.07, 6.45) is 2.67. The Morgan fingerprint density at radius 2 is 2.10 bits per heavy atom. The van der Waals surface area contributed by atoms with Gasteiger partial charge in [-0.3, -0.25) is 4.98 Å². The van der Waals surface area contributed by atoms with Crippen molar-refractivity contribution in [2.24, 2.45) is 10.9 Å². The molecule has 0 saturated carbocycles. The van der Waals surface area contributed by atoms with Crippen molar-refractivity contribution in [2.45, 2.75) is 17.9 Å². The number of pyridine rings is 1. The van der Waals surface area contributed by atoms with Crippen molar-refractivity contribution in [3.05, 3.63) is 18.5 Å². The number of fused-ring (bicyclic) bond motifs is 1. The van der Waals surface area contributed by atoms with E-state index < -0.39 is 22.0 Å². The zero-order chi connectivity index (χ0) is 14.8. The number of sulfonamides is 1. The lowest BCUT2D eigenvalue weighted by Gasteiger charge is -2.21. The van der Waals surface area contributed by atoms with E-state index in [1.165, 1.54) is 18.5 Å². The summed E-state index contributed by atoms with van der Waals surface area (Å²) in [5, 5.41) is 20.3. The van der Waals surface area contributed by atoms with Crippen LogP contribution in [0.4, 0.5) is 5.69 Å². The second-order valence-corrected chi connectivity index (χ2v) is 5.71. The number of nitrogens with zero attached hydrogens (tertiary/aromatic N) is 4. The van der Waals surface area contributed by atoms with Crippen LogP contribution in [0.3, 0.4) is 0 Å². The molecule has 0 spiro atoms. The van der Waals surface area contributed by atoms with Gasteiger partial charge in [0.05, 0.1) is 23.9 Å². The molecule has 1 unspecified atom stereocenters. The highest BCUT2D eigenvalue weighted by Crippen LogP contribution is 2.23. The SMILES string of the molecule is CC(N=C1Nc2ccncc2S(=O)(=O)N1)C(C#N)C#N. The molecule has 1 aliphatic heterocycles. The number of anilines is 1. The molecule has 1 aromatic rings. The molecule has 0 saturated heterocycles. The summed E-state index contributed by atoms with van der Waals surface area (Å²) in [7, 11) is -3.75. The highest BCUT2D eigenvalue weighted by Gasteiger charge is 2.27. The Kier molecular flexibility index (Phi) is 3.55. The van der Waals surface area contributed by atoms with Crippen molar-refractivity contribution in [2.75, 3.05) is 5.32 Å². The van der Waals surface area contributed by atoms with E-state index in [2.05, 4.69) is 20.0 Å². The van der Waals surface area contributed by atoms with Gasteiger partial charge in [-0.1, -0.05) is 0 Å². The quantitative estimate of drug-likeness (QED) is 0.799. The molecule has 2 N–H and O–H groups in total. The average Bonchev–Trinajstić information content (AvgIpc) is 2.39. The number of hydrogen-bond donors (Lipinski definition) is 2. The molecular formula is C11H10N6O2S. The number of nitrogens with one attached hydrogen (secondary N) is 2. The first kappa shape index (κ1) is 13.8. The van der Waals surface area contributed by atoms with Gasteiger partial charge in [-0.05, 0) is 13.0 Å². The molecule has 102 valence electrons. The molecule has 0 fully saturated rings. The van der Waals surface area contributed by atoms with Gasteiger partial charge in [0.15, 0.2) is 5.92 Å². The van der Waals surface area contributed by atoms with Gasteiger partial charge in [0.2, 0.25) is 5.96 Å². The Balaban J connectivity index is 2.36. The van der Waals surface area contributed by atoms with Crippen LogP contribution in [0.15, 0.2) is 28.3 Å². The summed E-state index contributed by atoms with van der Waals surface area (Å²) >= 11 is 0. The van der Waals surface area contributed by atoms with Crippen LogP contribution in [0.5, 0.6) is 0 Å². The van der Waals surface area contributed by atoms with Crippen molar-refractivity contribution >= 4 is 21.7 Å². The fraction of sp³-hybridized carbons (Fsp3) is 0.273. The Labute approximate surface area is 115 Å². The topological polar surface area (TPSA) is 131 Å². The van der Waals surface area contributed by atoms with Crippen LogP contribution in [0, 0.1) is 28.6 Å². The van der Waals surface area contributed by atoms with Crippen LogP contribution in [-0.2, 0) is 10.0 Å². The summed E-state index contributed by atoms with van der Waals surface area (Å²) < 4.78 is 26.2. The number of hydrogen-bond acceptors (Lipinski definition) is 6. The van der Waals surface area contributed by atoms with Crippen molar-refractivity contribution in [3.8, 4) is 12.1 Å². The minimum Gasteiger partial charge on any atom is -0.324 e. The zero-order valence-corrected chi connectivity index (χ0v) is 11.2. The van der Waals surface area contributed by atoms with Gasteiger partial charge >= 0.3 is 0 Å². The van der Waals surface area contributed by atoms with Gasteiger partial charge in [0.25, 0.3) is 10.0 Å². The number of guanidine groups is 1. The highest BCUT2D eigenvalue weighted by atomic mass is 32.2. The molecule has 0 amide bonds. The summed E-state index contributed by atoms with van der Waals surface area (Å²) in [4.78, 5) is 7.79. The molecule has 1 aliphatic rings. The number of aliphatic imine (C=N–C) groups is 1. The predicted molar refractivity (Wildman–Crippen MR) is 69.8 cm³/mol. The van der Waals surface area contributed by atoms with Gasteiger partial charge in [-0.2, -0.15) is 10.5 Å². The molecular weight excluding hydrogens is 280 g/mol. The Hall–Kier alpha value is -2.65. The first-order valence-corrected chi connectivity index (χ1v) is 7.07. The Morgan fingerprint density at radius 1 is 1.40 bits per heavy atom. The molecule has 8 nitrogen and oxygen atoms in total. The molecule has 9 heteroatoms. The summed E-state index contributed by atoms with van der Waals surface area (Å²) in [5.41, 5.74) is 0.343. The molecule has 0 radical (unpaired) electrons. The van der Waals surface area contributed by atoms with Crippen LogP contribution >= 0.6 is 0 Å². The average molecular weight is 290 g/mol. The van der Waals surface area contributed by atoms with Gasteiger partial charge in [-0.25, -0.2) is 18.1 Å². The summed E-state index contributed by atoms with van der Waals surface area (Å²) in [6, 6.07) is 4.43. The minimum atomic E-state index is -3.75. The summed E-state index contributed by atoms with van der Waals surface area (Å²) in [6.45, 7) is 1.56. The molecule has 1 aromatic heterocycles. The van der Waals surface area contributed by atoms with Crippen LogP contribution in [0.25, 0.3) is 0 Å². The maximum atomic E-state index is 12.0. The van der Waals surface area contributed by atoms with Gasteiger partial charge < -0.3 is 5.32 Å². The van der Waals surface area contributed by atoms with Crippen molar-refractivity contribution in [1.82, 2.24) is 9.71 Å². The van der Waals surface area contributed by atoms with Gasteiger partial charge in [0, 0.05) is 12.4 Å². The van der Waals surface area contributed by atoms with Crippen molar-refractivity contribution in [1.29, 1.82) is 10.5 Å². The van der Waals surface area contributed by atoms with E-state index >= 15 is 0 Å². The third kappa shape index (κ3) is 2.53. The fourth-order valence-electron chi connectivity index (χ4n) is 1.61. The lowest BCUT2D eigenvalue weighted by atomic mass is 10.1. The number of aromatic nitrogens is 1. The molecule has 2 rings (SSSR count). The van der Waals surface area contributed by atoms with Crippen LogP contribution in [0.2, 0.25) is 0 Å². The normalized spacial score (nSPS) is 19.1. The van der Waals surface area contributed by atoms with Crippen LogP contribution in [0.1, 0.15) is 6.92 Å². The van der Waals surface area contributed by atoms with E-state index in [-0.39, 0.29) is 10.9 Å². The maximum Gasteiger partial charge on any atom is 0.267 e. The third-order valence-corrected chi connectivity index (χ3v) is 4.02. The van der Waals surface area contributed by atoms with E-state index in [1.54, 1.807) is 19.1 Å². The lowest BCUT2D eigenvalue weighted by Crippen LogP contribution is -2.41. The van der Waals surface area contributed by atoms with Crippen LogP contribution < -0.4 is 10.0 Å². The van der Waals surface area contributed by atoms with E-state index in [0.717, 1.165) is 0 Å². The van der Waals surface area contributed by atoms with Gasteiger partial charge in [0.1, 0.15) is 4.90 Å². The van der Waals surface area contributed by atoms with Gasteiger partial charge in [-0.15, -0.1) is 0 Å². The van der Waals surface area contributed by atoms with E-state index in [9.17, 15) is 8.42 Å². The highest BCUT2D eigenvalue weighted by molar-refractivity contribution is 7.90. The molecule has 0 aliphatic carbocycles. The van der Waals surface area contributed by atoms with E-state index in [1.807, 2.05) is 0 Å². The van der Waals surface area contributed by atoms with Crippen LogP contribution in [-0.4, -0.2) is 25.4 Å². The largest absolute Gasteiger partial charge is 0.324 e. The molecule has 0 aromatic carbocycles.